The fourth-order valence-corrected chi connectivity index (χ4v) is 2.90. The van der Waals surface area contributed by atoms with Gasteiger partial charge in [0.2, 0.25) is 0 Å². The number of Topliss-reactive ketones (excluding diaryl/α,β-unsaturated/α-hetero) is 1. The Labute approximate surface area is 151 Å². The maximum Gasteiger partial charge on any atom is 0.341 e. The predicted octanol–water partition coefficient (Wildman–Crippen LogP) is 1.55. The monoisotopic (exact) mass is 355 g/mol. The van der Waals surface area contributed by atoms with E-state index in [1.807, 2.05) is 12.1 Å². The standard InChI is InChI=1S/C19H21N3O4/c23-18(15-1-3-17(4-2-15)26-14-19(24)25)13-21-9-11-22(12-10-21)16-5-7-20-8-6-16/h1-8H,9-14H2,(H,24,25). The van der Waals surface area contributed by atoms with Crippen LogP contribution in [0.4, 0.5) is 5.69 Å². The number of aliphatic carboxylic acids is 1. The molecule has 0 radical (unpaired) electrons. The Morgan fingerprint density at radius 2 is 1.65 bits per heavy atom. The number of hydrogen-bond donors (Lipinski definition) is 1. The molecule has 0 saturated carbocycles. The first-order chi connectivity index (χ1) is 12.6. The van der Waals surface area contributed by atoms with Crippen LogP contribution in [-0.2, 0) is 4.79 Å². The average Bonchev–Trinajstić information content (AvgIpc) is 2.68. The minimum absolute atomic E-state index is 0.0483. The van der Waals surface area contributed by atoms with E-state index in [1.165, 1.54) is 0 Å². The van der Waals surface area contributed by atoms with Gasteiger partial charge in [0.05, 0.1) is 6.54 Å². The fourth-order valence-electron chi connectivity index (χ4n) is 2.90. The summed E-state index contributed by atoms with van der Waals surface area (Å²) in [6, 6.07) is 10.6. The molecule has 0 aliphatic carbocycles. The van der Waals surface area contributed by atoms with Gasteiger partial charge in [0.25, 0.3) is 0 Å². The van der Waals surface area contributed by atoms with E-state index in [-0.39, 0.29) is 5.78 Å². The number of carbonyl (C=O) groups excluding carboxylic acids is 1. The third-order valence-electron chi connectivity index (χ3n) is 4.31. The van der Waals surface area contributed by atoms with Gasteiger partial charge in [0.15, 0.2) is 12.4 Å². The van der Waals surface area contributed by atoms with E-state index < -0.39 is 12.6 Å². The molecule has 2 aromatic rings. The Kier molecular flexibility index (Phi) is 5.80. The summed E-state index contributed by atoms with van der Waals surface area (Å²) >= 11 is 0. The summed E-state index contributed by atoms with van der Waals surface area (Å²) in [5, 5.41) is 8.60. The predicted molar refractivity (Wildman–Crippen MR) is 96.8 cm³/mol. The minimum atomic E-state index is -1.03. The lowest BCUT2D eigenvalue weighted by Crippen LogP contribution is -2.48. The van der Waals surface area contributed by atoms with Crippen LogP contribution in [0.25, 0.3) is 0 Å². The molecule has 0 unspecified atom stereocenters. The second-order valence-corrected chi connectivity index (χ2v) is 6.10. The summed E-state index contributed by atoms with van der Waals surface area (Å²) in [4.78, 5) is 31.4. The number of carboxylic acids is 1. The molecule has 1 fully saturated rings. The van der Waals surface area contributed by atoms with Gasteiger partial charge in [-0.3, -0.25) is 14.7 Å². The van der Waals surface area contributed by atoms with Crippen LogP contribution in [0.1, 0.15) is 10.4 Å². The largest absolute Gasteiger partial charge is 0.482 e. The molecule has 0 amide bonds. The van der Waals surface area contributed by atoms with Gasteiger partial charge in [0.1, 0.15) is 5.75 Å². The Morgan fingerprint density at radius 1 is 1.00 bits per heavy atom. The van der Waals surface area contributed by atoms with E-state index in [1.54, 1.807) is 36.7 Å². The summed E-state index contributed by atoms with van der Waals surface area (Å²) in [5.74, 6) is -0.543. The summed E-state index contributed by atoms with van der Waals surface area (Å²) in [5.41, 5.74) is 1.76. The summed E-state index contributed by atoms with van der Waals surface area (Å²) in [6.45, 7) is 3.38. The van der Waals surface area contributed by atoms with Crippen LogP contribution in [0.15, 0.2) is 48.8 Å². The molecule has 136 valence electrons. The lowest BCUT2D eigenvalue weighted by atomic mass is 10.1. The summed E-state index contributed by atoms with van der Waals surface area (Å²) in [7, 11) is 0. The van der Waals surface area contributed by atoms with Crippen molar-refractivity contribution in [2.45, 2.75) is 0 Å². The second-order valence-electron chi connectivity index (χ2n) is 6.10. The van der Waals surface area contributed by atoms with Crippen molar-refractivity contribution in [3.8, 4) is 5.75 Å². The van der Waals surface area contributed by atoms with Crippen molar-refractivity contribution >= 4 is 17.4 Å². The SMILES string of the molecule is O=C(O)COc1ccc(C(=O)CN2CCN(c3ccncc3)CC2)cc1. The first-order valence-electron chi connectivity index (χ1n) is 8.47. The Bertz CT molecular complexity index is 741. The summed E-state index contributed by atoms with van der Waals surface area (Å²) in [6.07, 6.45) is 3.57. The molecule has 0 spiro atoms. The fraction of sp³-hybridized carbons (Fsp3) is 0.316. The minimum Gasteiger partial charge on any atom is -0.482 e. The quantitative estimate of drug-likeness (QED) is 0.755. The van der Waals surface area contributed by atoms with E-state index in [0.717, 1.165) is 31.9 Å². The zero-order chi connectivity index (χ0) is 18.4. The number of rotatable bonds is 7. The van der Waals surface area contributed by atoms with Gasteiger partial charge >= 0.3 is 5.97 Å². The van der Waals surface area contributed by atoms with Crippen LogP contribution in [0.2, 0.25) is 0 Å². The highest BCUT2D eigenvalue weighted by atomic mass is 16.5. The van der Waals surface area contributed by atoms with Crippen LogP contribution in [-0.4, -0.2) is 66.1 Å². The molecule has 1 aliphatic rings. The van der Waals surface area contributed by atoms with Crippen LogP contribution >= 0.6 is 0 Å². The number of carboxylic acid groups (broad SMARTS) is 1. The number of piperazine rings is 1. The number of aromatic nitrogens is 1. The van der Waals surface area contributed by atoms with Crippen LogP contribution in [0.5, 0.6) is 5.75 Å². The number of carbonyl (C=O) groups is 2. The molecular formula is C19H21N3O4. The van der Waals surface area contributed by atoms with E-state index in [9.17, 15) is 9.59 Å². The molecule has 7 heteroatoms. The first-order valence-corrected chi connectivity index (χ1v) is 8.47. The van der Waals surface area contributed by atoms with Crippen molar-refractivity contribution in [2.24, 2.45) is 0 Å². The molecule has 26 heavy (non-hydrogen) atoms. The maximum atomic E-state index is 12.4. The highest BCUT2D eigenvalue weighted by Crippen LogP contribution is 2.16. The Hall–Kier alpha value is -2.93. The van der Waals surface area contributed by atoms with Crippen LogP contribution < -0.4 is 9.64 Å². The van der Waals surface area contributed by atoms with E-state index in [2.05, 4.69) is 14.8 Å². The number of benzene rings is 1. The van der Waals surface area contributed by atoms with Crippen molar-refractivity contribution in [3.05, 3.63) is 54.4 Å². The van der Waals surface area contributed by atoms with Crippen LogP contribution in [0.3, 0.4) is 0 Å². The number of ketones is 1. The molecule has 1 aromatic carbocycles. The van der Waals surface area contributed by atoms with Crippen molar-refractivity contribution in [2.75, 3.05) is 44.2 Å². The van der Waals surface area contributed by atoms with Gasteiger partial charge < -0.3 is 14.7 Å². The smallest absolute Gasteiger partial charge is 0.341 e. The molecule has 1 N–H and O–H groups in total. The Morgan fingerprint density at radius 3 is 2.27 bits per heavy atom. The van der Waals surface area contributed by atoms with Crippen LogP contribution in [0, 0.1) is 0 Å². The number of hydrogen-bond acceptors (Lipinski definition) is 6. The molecule has 1 aromatic heterocycles. The molecule has 3 rings (SSSR count). The third-order valence-corrected chi connectivity index (χ3v) is 4.31. The molecule has 0 bridgehead atoms. The van der Waals surface area contributed by atoms with Crippen molar-refractivity contribution < 1.29 is 19.4 Å². The third kappa shape index (κ3) is 4.80. The maximum absolute atomic E-state index is 12.4. The molecular weight excluding hydrogens is 334 g/mol. The van der Waals surface area contributed by atoms with Gasteiger partial charge in [-0.2, -0.15) is 0 Å². The molecule has 0 atom stereocenters. The number of pyridine rings is 1. The lowest BCUT2D eigenvalue weighted by molar-refractivity contribution is -0.139. The van der Waals surface area contributed by atoms with Gasteiger partial charge in [0, 0.05) is 49.8 Å². The first kappa shape index (κ1) is 17.9. The molecule has 2 heterocycles. The Balaban J connectivity index is 1.49. The van der Waals surface area contributed by atoms with Crippen molar-refractivity contribution in [1.29, 1.82) is 0 Å². The average molecular weight is 355 g/mol. The molecule has 7 nitrogen and oxygen atoms in total. The second kappa shape index (κ2) is 8.44. The van der Waals surface area contributed by atoms with Gasteiger partial charge in [-0.15, -0.1) is 0 Å². The van der Waals surface area contributed by atoms with Gasteiger partial charge in [-0.05, 0) is 36.4 Å². The van der Waals surface area contributed by atoms with Crippen molar-refractivity contribution in [3.63, 3.8) is 0 Å². The number of nitrogens with zero attached hydrogens (tertiary/aromatic N) is 3. The van der Waals surface area contributed by atoms with E-state index >= 15 is 0 Å². The number of anilines is 1. The highest BCUT2D eigenvalue weighted by Gasteiger charge is 2.19. The zero-order valence-electron chi connectivity index (χ0n) is 14.4. The number of ether oxygens (including phenoxy) is 1. The highest BCUT2D eigenvalue weighted by molar-refractivity contribution is 5.97. The zero-order valence-corrected chi connectivity index (χ0v) is 14.4. The molecule has 1 saturated heterocycles. The van der Waals surface area contributed by atoms with Gasteiger partial charge in [-0.1, -0.05) is 0 Å². The topological polar surface area (TPSA) is 83.0 Å². The lowest BCUT2D eigenvalue weighted by Gasteiger charge is -2.35. The summed E-state index contributed by atoms with van der Waals surface area (Å²) < 4.78 is 5.07. The van der Waals surface area contributed by atoms with E-state index in [4.69, 9.17) is 9.84 Å². The normalized spacial score (nSPS) is 14.8. The van der Waals surface area contributed by atoms with Gasteiger partial charge in [-0.25, -0.2) is 4.79 Å². The van der Waals surface area contributed by atoms with Crippen molar-refractivity contribution in [1.82, 2.24) is 9.88 Å². The van der Waals surface area contributed by atoms with E-state index in [0.29, 0.717) is 17.9 Å². The molecule has 1 aliphatic heterocycles.